The van der Waals surface area contributed by atoms with Gasteiger partial charge < -0.3 is 15.5 Å². The molecule has 0 radical (unpaired) electrons. The number of guanidine groups is 1. The topological polar surface area (TPSA) is 39.7 Å². The van der Waals surface area contributed by atoms with Gasteiger partial charge in [0.2, 0.25) is 0 Å². The van der Waals surface area contributed by atoms with Crippen LogP contribution in [0.3, 0.4) is 0 Å². The van der Waals surface area contributed by atoms with Crippen molar-refractivity contribution in [1.82, 2.24) is 15.5 Å². The molecule has 1 atom stereocenters. The summed E-state index contributed by atoms with van der Waals surface area (Å²) in [5.74, 6) is 2.68. The van der Waals surface area contributed by atoms with E-state index in [1.54, 1.807) is 0 Å². The summed E-state index contributed by atoms with van der Waals surface area (Å²) in [7, 11) is 0. The van der Waals surface area contributed by atoms with E-state index < -0.39 is 0 Å². The summed E-state index contributed by atoms with van der Waals surface area (Å²) >= 11 is 1.88. The number of benzene rings is 1. The zero-order valence-corrected chi connectivity index (χ0v) is 16.8. The van der Waals surface area contributed by atoms with Crippen LogP contribution in [-0.2, 0) is 0 Å². The molecule has 25 heavy (non-hydrogen) atoms. The first-order valence-electron chi connectivity index (χ1n) is 9.63. The molecule has 1 saturated heterocycles. The molecule has 1 aliphatic heterocycles. The van der Waals surface area contributed by atoms with Gasteiger partial charge in [-0.2, -0.15) is 0 Å². The molecule has 0 aromatic heterocycles. The first-order valence-corrected chi connectivity index (χ1v) is 10.6. The van der Waals surface area contributed by atoms with Gasteiger partial charge in [-0.05, 0) is 58.2 Å². The van der Waals surface area contributed by atoms with Crippen molar-refractivity contribution in [1.29, 1.82) is 0 Å². The lowest BCUT2D eigenvalue weighted by Crippen LogP contribution is -2.42. The molecule has 2 N–H and O–H groups in total. The fourth-order valence-corrected chi connectivity index (χ4v) is 3.92. The molecule has 1 heterocycles. The highest BCUT2D eigenvalue weighted by Crippen LogP contribution is 2.18. The summed E-state index contributed by atoms with van der Waals surface area (Å²) in [6.45, 7) is 11.9. The fourth-order valence-electron chi connectivity index (χ4n) is 3.13. The molecule has 1 aromatic carbocycles. The van der Waals surface area contributed by atoms with Gasteiger partial charge in [-0.25, -0.2) is 0 Å². The van der Waals surface area contributed by atoms with Crippen LogP contribution in [0.2, 0.25) is 0 Å². The molecule has 140 valence electrons. The fraction of sp³-hybridized carbons (Fsp3) is 0.650. The van der Waals surface area contributed by atoms with E-state index in [0.29, 0.717) is 12.0 Å². The van der Waals surface area contributed by atoms with E-state index in [2.05, 4.69) is 66.6 Å². The Morgan fingerprint density at radius 1 is 1.28 bits per heavy atom. The molecular formula is C20H34N4S. The second-order valence-corrected chi connectivity index (χ2v) is 8.07. The Bertz CT molecular complexity index is 504. The summed E-state index contributed by atoms with van der Waals surface area (Å²) in [6.07, 6.45) is 2.60. The predicted octanol–water partition coefficient (Wildman–Crippen LogP) is 3.45. The number of rotatable bonds is 8. The second-order valence-electron chi connectivity index (χ2n) is 6.90. The molecule has 0 saturated carbocycles. The van der Waals surface area contributed by atoms with Crippen LogP contribution in [0.5, 0.6) is 0 Å². The summed E-state index contributed by atoms with van der Waals surface area (Å²) in [5.41, 5.74) is 0. The predicted molar refractivity (Wildman–Crippen MR) is 111 cm³/mol. The minimum atomic E-state index is 0.646. The van der Waals surface area contributed by atoms with Crippen LogP contribution >= 0.6 is 11.8 Å². The Morgan fingerprint density at radius 3 is 2.80 bits per heavy atom. The van der Waals surface area contributed by atoms with E-state index in [1.165, 1.54) is 30.8 Å². The third kappa shape index (κ3) is 7.70. The molecule has 1 unspecified atom stereocenters. The van der Waals surface area contributed by atoms with E-state index in [9.17, 15) is 0 Å². The van der Waals surface area contributed by atoms with Crippen LogP contribution < -0.4 is 10.6 Å². The van der Waals surface area contributed by atoms with Gasteiger partial charge in [0.1, 0.15) is 0 Å². The molecule has 0 spiro atoms. The Kier molecular flexibility index (Phi) is 9.19. The van der Waals surface area contributed by atoms with Gasteiger partial charge in [0, 0.05) is 42.9 Å². The van der Waals surface area contributed by atoms with Gasteiger partial charge in [0.25, 0.3) is 0 Å². The van der Waals surface area contributed by atoms with Crippen molar-refractivity contribution >= 4 is 17.7 Å². The minimum Gasteiger partial charge on any atom is -0.357 e. The van der Waals surface area contributed by atoms with Crippen molar-refractivity contribution < 1.29 is 0 Å². The lowest BCUT2D eigenvalue weighted by molar-refractivity contribution is 0.143. The monoisotopic (exact) mass is 362 g/mol. The zero-order chi connectivity index (χ0) is 17.9. The smallest absolute Gasteiger partial charge is 0.191 e. The maximum Gasteiger partial charge on any atom is 0.191 e. The van der Waals surface area contributed by atoms with Gasteiger partial charge in [-0.3, -0.25) is 4.99 Å². The number of hydrogen-bond donors (Lipinski definition) is 2. The number of piperidine rings is 1. The number of likely N-dealkylation sites (tertiary alicyclic amines) is 1. The highest BCUT2D eigenvalue weighted by atomic mass is 32.2. The Morgan fingerprint density at radius 2 is 2.08 bits per heavy atom. The highest BCUT2D eigenvalue weighted by Gasteiger charge is 2.21. The van der Waals surface area contributed by atoms with E-state index in [4.69, 9.17) is 4.99 Å². The average molecular weight is 363 g/mol. The SMILES string of the molecule is CCNC(=NCC1CCCN(C(C)C)C1)NCCSc1ccccc1. The second kappa shape index (κ2) is 11.4. The molecule has 5 heteroatoms. The highest BCUT2D eigenvalue weighted by molar-refractivity contribution is 7.99. The maximum atomic E-state index is 4.83. The molecular weight excluding hydrogens is 328 g/mol. The third-order valence-corrected chi connectivity index (χ3v) is 5.55. The summed E-state index contributed by atoms with van der Waals surface area (Å²) in [5, 5.41) is 6.84. The average Bonchev–Trinajstić information content (AvgIpc) is 2.64. The van der Waals surface area contributed by atoms with Gasteiger partial charge >= 0.3 is 0 Å². The molecule has 1 aromatic rings. The van der Waals surface area contributed by atoms with Crippen molar-refractivity contribution in [2.24, 2.45) is 10.9 Å². The normalized spacial score (nSPS) is 19.2. The molecule has 2 rings (SSSR count). The lowest BCUT2D eigenvalue weighted by Gasteiger charge is -2.34. The van der Waals surface area contributed by atoms with Crippen LogP contribution in [0.1, 0.15) is 33.6 Å². The Balaban J connectivity index is 1.73. The van der Waals surface area contributed by atoms with E-state index >= 15 is 0 Å². The van der Waals surface area contributed by atoms with Gasteiger partial charge in [0.15, 0.2) is 5.96 Å². The lowest BCUT2D eigenvalue weighted by atomic mass is 9.97. The minimum absolute atomic E-state index is 0.646. The standard InChI is InChI=1S/C20H34N4S/c1-4-21-20(22-12-14-25-19-10-6-5-7-11-19)23-15-18-9-8-13-24(16-18)17(2)3/h5-7,10-11,17-18H,4,8-9,12-16H2,1-3H3,(H2,21,22,23). The molecule has 0 amide bonds. The van der Waals surface area contributed by atoms with Crippen molar-refractivity contribution in [2.45, 2.75) is 44.6 Å². The van der Waals surface area contributed by atoms with Crippen LogP contribution in [0, 0.1) is 5.92 Å². The summed E-state index contributed by atoms with van der Waals surface area (Å²) in [6, 6.07) is 11.2. The van der Waals surface area contributed by atoms with Crippen molar-refractivity contribution in [3.63, 3.8) is 0 Å². The summed E-state index contributed by atoms with van der Waals surface area (Å²) < 4.78 is 0. The molecule has 1 aliphatic rings. The summed E-state index contributed by atoms with van der Waals surface area (Å²) in [4.78, 5) is 8.74. The van der Waals surface area contributed by atoms with E-state index in [1.807, 2.05) is 11.8 Å². The molecule has 1 fully saturated rings. The van der Waals surface area contributed by atoms with Crippen molar-refractivity contribution in [3.05, 3.63) is 30.3 Å². The number of nitrogens with one attached hydrogen (secondary N) is 2. The van der Waals surface area contributed by atoms with E-state index in [0.717, 1.165) is 31.3 Å². The van der Waals surface area contributed by atoms with Crippen LogP contribution in [0.25, 0.3) is 0 Å². The van der Waals surface area contributed by atoms with Gasteiger partial charge in [-0.1, -0.05) is 18.2 Å². The molecule has 0 aliphatic carbocycles. The van der Waals surface area contributed by atoms with Crippen LogP contribution in [-0.4, -0.2) is 55.4 Å². The number of aliphatic imine (C=N–C) groups is 1. The largest absolute Gasteiger partial charge is 0.357 e. The first-order chi connectivity index (χ1) is 12.2. The molecule has 0 bridgehead atoms. The van der Waals surface area contributed by atoms with Gasteiger partial charge in [0.05, 0.1) is 0 Å². The van der Waals surface area contributed by atoms with E-state index in [-0.39, 0.29) is 0 Å². The molecule has 4 nitrogen and oxygen atoms in total. The third-order valence-electron chi connectivity index (χ3n) is 4.54. The van der Waals surface area contributed by atoms with Crippen LogP contribution in [0.4, 0.5) is 0 Å². The Labute approximate surface area is 157 Å². The maximum absolute atomic E-state index is 4.83. The van der Waals surface area contributed by atoms with Crippen molar-refractivity contribution in [2.75, 3.05) is 38.5 Å². The van der Waals surface area contributed by atoms with Gasteiger partial charge in [-0.15, -0.1) is 11.8 Å². The number of nitrogens with zero attached hydrogens (tertiary/aromatic N) is 2. The van der Waals surface area contributed by atoms with Crippen molar-refractivity contribution in [3.8, 4) is 0 Å². The quantitative estimate of drug-likeness (QED) is 0.322. The first kappa shape index (κ1) is 20.1. The zero-order valence-electron chi connectivity index (χ0n) is 16.0. The van der Waals surface area contributed by atoms with Crippen LogP contribution in [0.15, 0.2) is 40.2 Å². The number of hydrogen-bond acceptors (Lipinski definition) is 3. The number of thioether (sulfide) groups is 1. The Hall–Kier alpha value is -1.20.